The predicted molar refractivity (Wildman–Crippen MR) is 141 cm³/mol. The van der Waals surface area contributed by atoms with Crippen LogP contribution in [0.2, 0.25) is 0 Å². The lowest BCUT2D eigenvalue weighted by atomic mass is 9.99. The largest absolute Gasteiger partial charge is 0.496 e. The molecule has 5 rings (SSSR count). The Morgan fingerprint density at radius 3 is 2.17 bits per heavy atom. The van der Waals surface area contributed by atoms with Crippen molar-refractivity contribution in [2.75, 3.05) is 47.5 Å². The van der Waals surface area contributed by atoms with Crippen LogP contribution in [0, 0.1) is 0 Å². The molecule has 2 saturated heterocycles. The number of methoxy groups -OCH3 is 2. The van der Waals surface area contributed by atoms with E-state index in [9.17, 15) is 4.79 Å². The number of benzene rings is 2. The van der Waals surface area contributed by atoms with Gasteiger partial charge in [0.15, 0.2) is 0 Å². The molecule has 2 aromatic carbocycles. The molecule has 3 heterocycles. The number of nitrogens with zero attached hydrogens (tertiary/aromatic N) is 3. The van der Waals surface area contributed by atoms with Crippen molar-refractivity contribution >= 4 is 5.91 Å². The Labute approximate surface area is 209 Å². The number of aromatic nitrogens is 1. The van der Waals surface area contributed by atoms with E-state index in [0.717, 1.165) is 36.4 Å². The minimum Gasteiger partial charge on any atom is -0.496 e. The molecule has 1 aromatic heterocycles. The minimum atomic E-state index is 0.158. The summed E-state index contributed by atoms with van der Waals surface area (Å²) in [6.45, 7) is 4.20. The fourth-order valence-electron chi connectivity index (χ4n) is 4.32. The summed E-state index contributed by atoms with van der Waals surface area (Å²) in [6.07, 6.45) is 6.93. The second-order valence-electron chi connectivity index (χ2n) is 8.65. The maximum absolute atomic E-state index is 12.4. The highest BCUT2D eigenvalue weighted by Crippen LogP contribution is 2.28. The van der Waals surface area contributed by atoms with Crippen molar-refractivity contribution < 1.29 is 14.3 Å². The number of fused-ring (bicyclic) bond motifs is 1. The van der Waals surface area contributed by atoms with Crippen LogP contribution in [0.1, 0.15) is 29.6 Å². The van der Waals surface area contributed by atoms with Crippen LogP contribution in [-0.4, -0.2) is 74.2 Å². The van der Waals surface area contributed by atoms with Crippen molar-refractivity contribution in [2.24, 2.45) is 0 Å². The Hall–Kier alpha value is -3.22. The molecule has 35 heavy (non-hydrogen) atoms. The first kappa shape index (κ1) is 26.4. The average molecular weight is 476 g/mol. The third-order valence-corrected chi connectivity index (χ3v) is 6.23. The lowest BCUT2D eigenvalue weighted by molar-refractivity contribution is 0.0338. The fraction of sp³-hybridized carbons (Fsp3) is 0.379. The molecule has 0 saturated carbocycles. The number of para-hydroxylation sites is 1. The Morgan fingerprint density at radius 2 is 1.51 bits per heavy atom. The Bertz CT molecular complexity index is 1010. The molecular formula is C29H37N3O3. The van der Waals surface area contributed by atoms with Gasteiger partial charge in [-0.25, -0.2) is 0 Å². The van der Waals surface area contributed by atoms with Crippen LogP contribution in [0.4, 0.5) is 0 Å². The van der Waals surface area contributed by atoms with Crippen LogP contribution in [0.25, 0.3) is 11.1 Å². The van der Waals surface area contributed by atoms with Crippen molar-refractivity contribution in [1.29, 1.82) is 0 Å². The summed E-state index contributed by atoms with van der Waals surface area (Å²) in [5, 5.41) is 0. The van der Waals surface area contributed by atoms with Crippen LogP contribution in [-0.2, 0) is 4.74 Å². The monoisotopic (exact) mass is 475 g/mol. The van der Waals surface area contributed by atoms with Gasteiger partial charge in [-0.15, -0.1) is 0 Å². The van der Waals surface area contributed by atoms with Crippen LogP contribution >= 0.6 is 0 Å². The maximum Gasteiger partial charge on any atom is 0.254 e. The average Bonchev–Trinajstić information content (AvgIpc) is 2.90. The molecular weight excluding hydrogens is 438 g/mol. The lowest BCUT2D eigenvalue weighted by Crippen LogP contribution is -2.56. The number of pyridine rings is 1. The molecule has 2 aliphatic rings. The molecule has 2 fully saturated rings. The third kappa shape index (κ3) is 7.64. The Balaban J connectivity index is 0.000000181. The molecule has 186 valence electrons. The standard InChI is InChI=1S/C14H19N3O.C13H12O.C2H6O/c18-14(12-3-6-15-7-4-12)17-9-2-1-8-16-10-5-13(16)11-17;1-14-13-10-6-5-9-12(13)11-7-3-2-4-8-11;1-3-2/h3-4,6-7,13H,1-2,5,8-11H2;2-10H,1H3;1-2H3. The van der Waals surface area contributed by atoms with Gasteiger partial charge < -0.3 is 14.4 Å². The molecule has 6 nitrogen and oxygen atoms in total. The lowest BCUT2D eigenvalue weighted by Gasteiger charge is -2.45. The highest BCUT2D eigenvalue weighted by Gasteiger charge is 2.32. The molecule has 3 aromatic rings. The first-order valence-corrected chi connectivity index (χ1v) is 12.2. The van der Waals surface area contributed by atoms with Crippen molar-refractivity contribution in [1.82, 2.24) is 14.8 Å². The van der Waals surface area contributed by atoms with E-state index < -0.39 is 0 Å². The molecule has 0 bridgehead atoms. The number of amides is 1. The van der Waals surface area contributed by atoms with Gasteiger partial charge in [0.1, 0.15) is 5.75 Å². The normalized spacial score (nSPS) is 17.1. The first-order chi connectivity index (χ1) is 17.2. The minimum absolute atomic E-state index is 0.158. The van der Waals surface area contributed by atoms with Crippen molar-refractivity contribution in [2.45, 2.75) is 25.3 Å². The van der Waals surface area contributed by atoms with Crippen molar-refractivity contribution in [3.63, 3.8) is 0 Å². The molecule has 1 atom stereocenters. The summed E-state index contributed by atoms with van der Waals surface area (Å²) in [4.78, 5) is 20.9. The highest BCUT2D eigenvalue weighted by atomic mass is 16.5. The van der Waals surface area contributed by atoms with Gasteiger partial charge in [-0.3, -0.25) is 14.7 Å². The second-order valence-corrected chi connectivity index (χ2v) is 8.65. The second kappa shape index (κ2) is 14.2. The van der Waals surface area contributed by atoms with E-state index in [4.69, 9.17) is 4.74 Å². The molecule has 6 heteroatoms. The SMILES string of the molecule is COC.COc1ccccc1-c1ccccc1.O=C(c1ccncc1)N1CCCCN2CCC2C1. The topological polar surface area (TPSA) is 54.9 Å². The van der Waals surface area contributed by atoms with Crippen molar-refractivity contribution in [3.05, 3.63) is 84.7 Å². The van der Waals surface area contributed by atoms with Gasteiger partial charge >= 0.3 is 0 Å². The third-order valence-electron chi connectivity index (χ3n) is 6.23. The molecule has 0 aliphatic carbocycles. The summed E-state index contributed by atoms with van der Waals surface area (Å²) >= 11 is 0. The number of hydrogen-bond acceptors (Lipinski definition) is 5. The predicted octanol–water partition coefficient (Wildman–Crippen LogP) is 5.02. The number of carbonyl (C=O) groups is 1. The Morgan fingerprint density at radius 1 is 0.857 bits per heavy atom. The number of ether oxygens (including phenoxy) is 2. The van der Waals surface area contributed by atoms with Gasteiger partial charge in [0.2, 0.25) is 0 Å². The molecule has 0 spiro atoms. The van der Waals surface area contributed by atoms with Gasteiger partial charge in [-0.05, 0) is 49.6 Å². The summed E-state index contributed by atoms with van der Waals surface area (Å²) < 4.78 is 9.55. The maximum atomic E-state index is 12.4. The molecule has 2 aliphatic heterocycles. The number of hydrogen-bond donors (Lipinski definition) is 0. The van der Waals surface area contributed by atoms with E-state index in [2.05, 4.69) is 32.8 Å². The van der Waals surface area contributed by atoms with Crippen LogP contribution in [0.3, 0.4) is 0 Å². The molecule has 0 N–H and O–H groups in total. The van der Waals surface area contributed by atoms with E-state index in [1.165, 1.54) is 31.5 Å². The molecule has 1 unspecified atom stereocenters. The number of carbonyl (C=O) groups excluding carboxylic acids is 1. The Kier molecular flexibility index (Phi) is 10.7. The van der Waals surface area contributed by atoms with Gasteiger partial charge in [0, 0.05) is 63.4 Å². The highest BCUT2D eigenvalue weighted by molar-refractivity contribution is 5.94. The van der Waals surface area contributed by atoms with Crippen LogP contribution in [0.15, 0.2) is 79.1 Å². The van der Waals surface area contributed by atoms with Gasteiger partial charge in [0.05, 0.1) is 7.11 Å². The summed E-state index contributed by atoms with van der Waals surface area (Å²) in [7, 11) is 4.95. The smallest absolute Gasteiger partial charge is 0.254 e. The summed E-state index contributed by atoms with van der Waals surface area (Å²) in [6, 6.07) is 22.5. The van der Waals surface area contributed by atoms with E-state index in [-0.39, 0.29) is 5.91 Å². The van der Waals surface area contributed by atoms with Crippen LogP contribution in [0.5, 0.6) is 5.75 Å². The van der Waals surface area contributed by atoms with Crippen molar-refractivity contribution in [3.8, 4) is 16.9 Å². The van der Waals surface area contributed by atoms with E-state index in [1.807, 2.05) is 41.3 Å². The fourth-order valence-corrected chi connectivity index (χ4v) is 4.32. The summed E-state index contributed by atoms with van der Waals surface area (Å²) in [5.74, 6) is 1.07. The van der Waals surface area contributed by atoms with Gasteiger partial charge in [0.25, 0.3) is 5.91 Å². The molecule has 1 amide bonds. The van der Waals surface area contributed by atoms with E-state index in [0.29, 0.717) is 6.04 Å². The first-order valence-electron chi connectivity index (χ1n) is 12.2. The van der Waals surface area contributed by atoms with E-state index in [1.54, 1.807) is 45.9 Å². The zero-order valence-electron chi connectivity index (χ0n) is 21.1. The zero-order valence-corrected chi connectivity index (χ0v) is 21.1. The van der Waals surface area contributed by atoms with Gasteiger partial charge in [-0.2, -0.15) is 0 Å². The van der Waals surface area contributed by atoms with E-state index >= 15 is 0 Å². The quantitative estimate of drug-likeness (QED) is 0.533. The van der Waals surface area contributed by atoms with Crippen LogP contribution < -0.4 is 4.74 Å². The molecule has 0 radical (unpaired) electrons. The summed E-state index contributed by atoms with van der Waals surface area (Å²) in [5.41, 5.74) is 3.08. The zero-order chi connectivity index (χ0) is 24.9. The number of rotatable bonds is 3. The van der Waals surface area contributed by atoms with Gasteiger partial charge in [-0.1, -0.05) is 48.5 Å².